The van der Waals surface area contributed by atoms with E-state index >= 15 is 0 Å². The summed E-state index contributed by atoms with van der Waals surface area (Å²) in [5.41, 5.74) is 0.273. The Morgan fingerprint density at radius 3 is 1.95 bits per heavy atom. The van der Waals surface area contributed by atoms with E-state index in [9.17, 15) is 9.59 Å². The molecule has 2 bridgehead atoms. The van der Waals surface area contributed by atoms with E-state index in [0.717, 1.165) is 4.90 Å². The summed E-state index contributed by atoms with van der Waals surface area (Å²) in [6.45, 7) is 0. The predicted molar refractivity (Wildman–Crippen MR) is 78.7 cm³/mol. The van der Waals surface area contributed by atoms with Gasteiger partial charge in [-0.15, -0.1) is 0 Å². The second-order valence-corrected chi connectivity index (χ2v) is 6.45. The summed E-state index contributed by atoms with van der Waals surface area (Å²) in [7, 11) is 0. The van der Waals surface area contributed by atoms with Crippen molar-refractivity contribution in [3.05, 3.63) is 39.4 Å². The molecule has 1 aromatic rings. The number of hydrogen-bond acceptors (Lipinski definition) is 3. The summed E-state index contributed by atoms with van der Waals surface area (Å²) in [6, 6.07) is 2.87. The summed E-state index contributed by atoms with van der Waals surface area (Å²) >= 11 is 18.0. The monoisotopic (exact) mass is 343 g/mol. The van der Waals surface area contributed by atoms with Gasteiger partial charge in [-0.3, -0.25) is 9.59 Å². The molecule has 2 amide bonds. The molecule has 3 aliphatic rings. The van der Waals surface area contributed by atoms with Crippen molar-refractivity contribution >= 4 is 52.3 Å². The Morgan fingerprint density at radius 1 is 0.857 bits per heavy atom. The molecule has 4 rings (SSSR count). The van der Waals surface area contributed by atoms with E-state index in [1.165, 1.54) is 12.1 Å². The lowest BCUT2D eigenvalue weighted by Gasteiger charge is -2.19. The fourth-order valence-electron chi connectivity index (χ4n) is 3.22. The minimum absolute atomic E-state index is 0.215. The zero-order valence-electron chi connectivity index (χ0n) is 10.4. The summed E-state index contributed by atoms with van der Waals surface area (Å²) in [5.74, 6) is -1.56. The molecule has 4 atom stereocenters. The minimum atomic E-state index is -0.474. The molecule has 4 nitrogen and oxygen atoms in total. The summed E-state index contributed by atoms with van der Waals surface area (Å²) in [4.78, 5) is 26.3. The minimum Gasteiger partial charge on any atom is -0.365 e. The van der Waals surface area contributed by atoms with Crippen LogP contribution in [0.3, 0.4) is 0 Å². The SMILES string of the molecule is O=C1[C@H]2[C@H](C(=O)N1c1cc(Cl)c(Cl)cc1Cl)[C@H]1C=C[C@H]2O1. The Morgan fingerprint density at radius 2 is 1.38 bits per heavy atom. The second kappa shape index (κ2) is 4.46. The molecule has 7 heteroatoms. The maximum Gasteiger partial charge on any atom is 0.240 e. The van der Waals surface area contributed by atoms with E-state index in [-0.39, 0.29) is 44.8 Å². The first-order chi connectivity index (χ1) is 9.99. The van der Waals surface area contributed by atoms with Gasteiger partial charge in [-0.05, 0) is 12.1 Å². The van der Waals surface area contributed by atoms with E-state index in [1.54, 1.807) is 0 Å². The van der Waals surface area contributed by atoms with Gasteiger partial charge in [0.15, 0.2) is 0 Å². The third-order valence-electron chi connectivity index (χ3n) is 4.14. The van der Waals surface area contributed by atoms with Crippen LogP contribution in [-0.2, 0) is 14.3 Å². The molecule has 0 saturated carbocycles. The molecule has 3 aliphatic heterocycles. The molecule has 2 fully saturated rings. The van der Waals surface area contributed by atoms with E-state index < -0.39 is 11.8 Å². The molecule has 3 heterocycles. The Kier molecular flexibility index (Phi) is 2.89. The lowest BCUT2D eigenvalue weighted by Crippen LogP contribution is -2.34. The van der Waals surface area contributed by atoms with Crippen molar-refractivity contribution < 1.29 is 14.3 Å². The topological polar surface area (TPSA) is 46.6 Å². The molecule has 0 aromatic heterocycles. The number of rotatable bonds is 1. The van der Waals surface area contributed by atoms with Crippen LogP contribution in [-0.4, -0.2) is 24.0 Å². The average molecular weight is 345 g/mol. The van der Waals surface area contributed by atoms with Crippen LogP contribution >= 0.6 is 34.8 Å². The number of ether oxygens (including phenoxy) is 1. The van der Waals surface area contributed by atoms with Gasteiger partial charge in [0.25, 0.3) is 0 Å². The largest absolute Gasteiger partial charge is 0.365 e. The van der Waals surface area contributed by atoms with Crippen LogP contribution in [0.25, 0.3) is 0 Å². The van der Waals surface area contributed by atoms with Gasteiger partial charge >= 0.3 is 0 Å². The van der Waals surface area contributed by atoms with Crippen molar-refractivity contribution in [2.45, 2.75) is 12.2 Å². The third-order valence-corrected chi connectivity index (χ3v) is 5.17. The summed E-state index contributed by atoms with van der Waals surface area (Å²) < 4.78 is 5.58. The quantitative estimate of drug-likeness (QED) is 0.447. The number of anilines is 1. The van der Waals surface area contributed by atoms with Gasteiger partial charge in [0.05, 0.1) is 44.8 Å². The maximum atomic E-state index is 12.6. The van der Waals surface area contributed by atoms with E-state index in [4.69, 9.17) is 39.5 Å². The van der Waals surface area contributed by atoms with Gasteiger partial charge in [-0.1, -0.05) is 47.0 Å². The van der Waals surface area contributed by atoms with Crippen molar-refractivity contribution in [2.24, 2.45) is 11.8 Å². The second-order valence-electron chi connectivity index (χ2n) is 5.23. The highest BCUT2D eigenvalue weighted by atomic mass is 35.5. The number of amides is 2. The highest BCUT2D eigenvalue weighted by molar-refractivity contribution is 6.44. The van der Waals surface area contributed by atoms with Crippen molar-refractivity contribution in [3.8, 4) is 0 Å². The first-order valence-corrected chi connectivity index (χ1v) is 7.48. The van der Waals surface area contributed by atoms with Crippen LogP contribution in [0.15, 0.2) is 24.3 Å². The zero-order chi connectivity index (χ0) is 14.9. The van der Waals surface area contributed by atoms with Crippen LogP contribution in [0.4, 0.5) is 5.69 Å². The first-order valence-electron chi connectivity index (χ1n) is 6.35. The van der Waals surface area contributed by atoms with Gasteiger partial charge < -0.3 is 4.74 Å². The van der Waals surface area contributed by atoms with Gasteiger partial charge in [-0.25, -0.2) is 4.90 Å². The molecule has 0 spiro atoms. The predicted octanol–water partition coefficient (Wildman–Crippen LogP) is 3.09. The standard InChI is InChI=1S/C14H8Cl3NO3/c15-5-3-7(17)8(4-6(5)16)18-13(19)11-9-1-2-10(21-9)12(11)14(18)20/h1-4,9-12H/t9-,10-,11-,12-/m1/s1. The van der Waals surface area contributed by atoms with Crippen LogP contribution in [0.2, 0.25) is 15.1 Å². The first kappa shape index (κ1) is 13.6. The molecule has 0 radical (unpaired) electrons. The number of carbonyl (C=O) groups excluding carboxylic acids is 2. The van der Waals surface area contributed by atoms with Gasteiger partial charge in [0.1, 0.15) is 0 Å². The molecular formula is C14H8Cl3NO3. The number of imide groups is 1. The number of carbonyl (C=O) groups is 2. The summed E-state index contributed by atoms with van der Waals surface area (Å²) in [5, 5.41) is 0.730. The smallest absolute Gasteiger partial charge is 0.240 e. The third kappa shape index (κ3) is 1.73. The molecular weight excluding hydrogens is 337 g/mol. The Bertz CT molecular complexity index is 688. The number of halogens is 3. The van der Waals surface area contributed by atoms with Crippen LogP contribution in [0.1, 0.15) is 0 Å². The average Bonchev–Trinajstić information content (AvgIpc) is 3.09. The molecule has 1 aromatic carbocycles. The van der Waals surface area contributed by atoms with Crippen molar-refractivity contribution in [3.63, 3.8) is 0 Å². The van der Waals surface area contributed by atoms with Gasteiger partial charge in [0, 0.05) is 0 Å². The molecule has 21 heavy (non-hydrogen) atoms. The molecule has 0 N–H and O–H groups in total. The van der Waals surface area contributed by atoms with Crippen molar-refractivity contribution in [1.82, 2.24) is 0 Å². The molecule has 0 aliphatic carbocycles. The summed E-state index contributed by atoms with van der Waals surface area (Å²) in [6.07, 6.45) is 3.00. The lowest BCUT2D eigenvalue weighted by molar-refractivity contribution is -0.124. The van der Waals surface area contributed by atoms with E-state index in [2.05, 4.69) is 0 Å². The highest BCUT2D eigenvalue weighted by Gasteiger charge is 2.61. The normalized spacial score (nSPS) is 33.2. The van der Waals surface area contributed by atoms with Crippen LogP contribution in [0.5, 0.6) is 0 Å². The Labute approximate surface area is 135 Å². The molecule has 0 unspecified atom stereocenters. The van der Waals surface area contributed by atoms with Gasteiger partial charge in [0.2, 0.25) is 11.8 Å². The molecule has 108 valence electrons. The number of nitrogens with zero attached hydrogens (tertiary/aromatic N) is 1. The fraction of sp³-hybridized carbons (Fsp3) is 0.286. The highest BCUT2D eigenvalue weighted by Crippen LogP contribution is 2.48. The Balaban J connectivity index is 1.80. The van der Waals surface area contributed by atoms with Gasteiger partial charge in [-0.2, -0.15) is 0 Å². The van der Waals surface area contributed by atoms with Crippen molar-refractivity contribution in [2.75, 3.05) is 4.90 Å². The van der Waals surface area contributed by atoms with Crippen LogP contribution < -0.4 is 4.90 Å². The van der Waals surface area contributed by atoms with E-state index in [1.807, 2.05) is 12.2 Å². The molecule has 2 saturated heterocycles. The van der Waals surface area contributed by atoms with Crippen LogP contribution in [0, 0.1) is 11.8 Å². The number of hydrogen-bond donors (Lipinski definition) is 0. The number of fused-ring (bicyclic) bond motifs is 5. The fourth-order valence-corrected chi connectivity index (χ4v) is 3.85. The number of benzene rings is 1. The van der Waals surface area contributed by atoms with Crippen molar-refractivity contribution in [1.29, 1.82) is 0 Å². The Hall–Kier alpha value is -1.07. The van der Waals surface area contributed by atoms with E-state index in [0.29, 0.717) is 0 Å². The maximum absolute atomic E-state index is 12.6. The lowest BCUT2D eigenvalue weighted by atomic mass is 9.85. The zero-order valence-corrected chi connectivity index (χ0v) is 12.7.